The van der Waals surface area contributed by atoms with Crippen LogP contribution in [0.2, 0.25) is 0 Å². The van der Waals surface area contributed by atoms with Crippen LogP contribution in [0.5, 0.6) is 0 Å². The van der Waals surface area contributed by atoms with Crippen LogP contribution in [0.4, 0.5) is 0 Å². The van der Waals surface area contributed by atoms with Gasteiger partial charge in [0, 0.05) is 6.21 Å². The summed E-state index contributed by atoms with van der Waals surface area (Å²) in [5.74, 6) is 0.729. The Balaban J connectivity index is 2.38. The lowest BCUT2D eigenvalue weighted by atomic mass is 9.95. The van der Waals surface area contributed by atoms with Gasteiger partial charge < -0.3 is 0 Å². The summed E-state index contributed by atoms with van der Waals surface area (Å²) in [5.41, 5.74) is 1.06. The van der Waals surface area contributed by atoms with E-state index in [2.05, 4.69) is 30.6 Å². The van der Waals surface area contributed by atoms with Gasteiger partial charge in [-0.2, -0.15) is 0 Å². The van der Waals surface area contributed by atoms with Crippen LogP contribution < -0.4 is 0 Å². The molecule has 0 aromatic rings. The molecule has 0 fully saturated rings. The molecule has 0 aromatic heterocycles. The molecule has 0 aliphatic heterocycles. The monoisotopic (exact) mass is 189 g/mol. The van der Waals surface area contributed by atoms with E-state index in [1.54, 1.807) is 0 Å². The normalized spacial score (nSPS) is 27.6. The van der Waals surface area contributed by atoms with E-state index < -0.39 is 0 Å². The minimum absolute atomic E-state index is 0.390. The average Bonchev–Trinajstić information content (AvgIpc) is 2.15. The van der Waals surface area contributed by atoms with E-state index in [4.69, 9.17) is 0 Å². The molecule has 2 atom stereocenters. The maximum atomic E-state index is 4.45. The fraction of sp³-hybridized carbons (Fsp3) is 0.462. The SMILES string of the molecule is C=C(C)/C=C\C=N/C1C=CC(C)CC1. The molecule has 1 nitrogen and oxygen atoms in total. The van der Waals surface area contributed by atoms with Crippen molar-refractivity contribution >= 4 is 6.21 Å². The van der Waals surface area contributed by atoms with Gasteiger partial charge in [-0.3, -0.25) is 4.99 Å². The summed E-state index contributed by atoms with van der Waals surface area (Å²) in [4.78, 5) is 4.45. The number of hydrogen-bond donors (Lipinski definition) is 0. The van der Waals surface area contributed by atoms with Crippen molar-refractivity contribution in [3.63, 3.8) is 0 Å². The summed E-state index contributed by atoms with van der Waals surface area (Å²) in [5, 5.41) is 0. The molecule has 0 spiro atoms. The first-order valence-corrected chi connectivity index (χ1v) is 5.22. The maximum Gasteiger partial charge on any atom is 0.0680 e. The van der Waals surface area contributed by atoms with Crippen LogP contribution >= 0.6 is 0 Å². The molecule has 76 valence electrons. The van der Waals surface area contributed by atoms with Gasteiger partial charge in [0.2, 0.25) is 0 Å². The third kappa shape index (κ3) is 4.22. The van der Waals surface area contributed by atoms with E-state index in [1.807, 2.05) is 25.3 Å². The Bertz CT molecular complexity index is 271. The molecule has 1 rings (SSSR count). The molecular weight excluding hydrogens is 170 g/mol. The van der Waals surface area contributed by atoms with Crippen LogP contribution in [-0.4, -0.2) is 12.3 Å². The Morgan fingerprint density at radius 3 is 2.79 bits per heavy atom. The lowest BCUT2D eigenvalue weighted by Gasteiger charge is -2.16. The molecule has 0 heterocycles. The van der Waals surface area contributed by atoms with E-state index in [0.29, 0.717) is 6.04 Å². The van der Waals surface area contributed by atoms with E-state index >= 15 is 0 Å². The van der Waals surface area contributed by atoms with Crippen molar-refractivity contribution < 1.29 is 0 Å². The van der Waals surface area contributed by atoms with Gasteiger partial charge in [-0.1, -0.05) is 37.3 Å². The van der Waals surface area contributed by atoms with E-state index in [1.165, 1.54) is 12.8 Å². The molecular formula is C13H19N. The van der Waals surface area contributed by atoms with Crippen molar-refractivity contribution in [2.75, 3.05) is 0 Å². The van der Waals surface area contributed by atoms with Gasteiger partial charge >= 0.3 is 0 Å². The summed E-state index contributed by atoms with van der Waals surface area (Å²) < 4.78 is 0. The van der Waals surface area contributed by atoms with Gasteiger partial charge in [-0.05, 0) is 31.8 Å². The second-order valence-electron chi connectivity index (χ2n) is 4.01. The predicted octanol–water partition coefficient (Wildman–Crippen LogP) is 3.54. The fourth-order valence-electron chi connectivity index (χ4n) is 1.44. The molecule has 1 aliphatic carbocycles. The zero-order chi connectivity index (χ0) is 10.4. The molecule has 0 N–H and O–H groups in total. The van der Waals surface area contributed by atoms with Gasteiger partial charge in [0.15, 0.2) is 0 Å². The molecule has 1 heteroatoms. The summed E-state index contributed by atoms with van der Waals surface area (Å²) >= 11 is 0. The van der Waals surface area contributed by atoms with Gasteiger partial charge in [0.05, 0.1) is 6.04 Å². The molecule has 0 aromatic carbocycles. The van der Waals surface area contributed by atoms with Crippen molar-refractivity contribution in [2.24, 2.45) is 10.9 Å². The zero-order valence-electron chi connectivity index (χ0n) is 9.11. The maximum absolute atomic E-state index is 4.45. The molecule has 14 heavy (non-hydrogen) atoms. The van der Waals surface area contributed by atoms with Crippen LogP contribution in [0.25, 0.3) is 0 Å². The number of hydrogen-bond acceptors (Lipinski definition) is 1. The number of allylic oxidation sites excluding steroid dienone is 4. The third-order valence-corrected chi connectivity index (χ3v) is 2.32. The Kier molecular flexibility index (Phi) is 4.37. The first-order chi connectivity index (χ1) is 6.68. The highest BCUT2D eigenvalue weighted by molar-refractivity contribution is 5.72. The van der Waals surface area contributed by atoms with Gasteiger partial charge in [-0.15, -0.1) is 0 Å². The number of nitrogens with zero attached hydrogens (tertiary/aromatic N) is 1. The summed E-state index contributed by atoms with van der Waals surface area (Å²) in [6, 6.07) is 0.390. The Morgan fingerprint density at radius 2 is 2.21 bits per heavy atom. The van der Waals surface area contributed by atoms with Crippen LogP contribution in [0.1, 0.15) is 26.7 Å². The topological polar surface area (TPSA) is 12.4 Å². The smallest absolute Gasteiger partial charge is 0.0680 e. The van der Waals surface area contributed by atoms with E-state index in [9.17, 15) is 0 Å². The fourth-order valence-corrected chi connectivity index (χ4v) is 1.44. The second-order valence-corrected chi connectivity index (χ2v) is 4.01. The van der Waals surface area contributed by atoms with Gasteiger partial charge in [0.1, 0.15) is 0 Å². The minimum Gasteiger partial charge on any atom is -0.286 e. The van der Waals surface area contributed by atoms with Crippen LogP contribution in [0, 0.1) is 5.92 Å². The van der Waals surface area contributed by atoms with Crippen molar-refractivity contribution in [1.82, 2.24) is 0 Å². The highest BCUT2D eigenvalue weighted by Gasteiger charge is 2.09. The number of aliphatic imine (C=N–C) groups is 1. The summed E-state index contributed by atoms with van der Waals surface area (Å²) in [6.07, 6.45) is 12.7. The third-order valence-electron chi connectivity index (χ3n) is 2.32. The first kappa shape index (κ1) is 11.0. The lowest BCUT2D eigenvalue weighted by molar-refractivity contribution is 0.544. The average molecular weight is 189 g/mol. The Morgan fingerprint density at radius 1 is 1.43 bits per heavy atom. The van der Waals surface area contributed by atoms with Crippen molar-refractivity contribution in [1.29, 1.82) is 0 Å². The van der Waals surface area contributed by atoms with Gasteiger partial charge in [-0.25, -0.2) is 0 Å². The van der Waals surface area contributed by atoms with Gasteiger partial charge in [0.25, 0.3) is 0 Å². The van der Waals surface area contributed by atoms with E-state index in [0.717, 1.165) is 11.5 Å². The first-order valence-electron chi connectivity index (χ1n) is 5.22. The summed E-state index contributed by atoms with van der Waals surface area (Å²) in [7, 11) is 0. The van der Waals surface area contributed by atoms with E-state index in [-0.39, 0.29) is 0 Å². The van der Waals surface area contributed by atoms with Crippen LogP contribution in [-0.2, 0) is 0 Å². The molecule has 0 amide bonds. The number of rotatable bonds is 3. The van der Waals surface area contributed by atoms with Crippen molar-refractivity contribution in [2.45, 2.75) is 32.7 Å². The zero-order valence-corrected chi connectivity index (χ0v) is 9.11. The molecule has 0 radical (unpaired) electrons. The second kappa shape index (κ2) is 5.58. The van der Waals surface area contributed by atoms with Crippen LogP contribution in [0.3, 0.4) is 0 Å². The highest BCUT2D eigenvalue weighted by Crippen LogP contribution is 2.18. The lowest BCUT2D eigenvalue weighted by Crippen LogP contribution is -2.08. The summed E-state index contributed by atoms with van der Waals surface area (Å²) in [6.45, 7) is 8.01. The Labute approximate surface area is 86.9 Å². The molecule has 0 saturated heterocycles. The molecule has 1 aliphatic rings. The standard InChI is InChI=1S/C13H19N/c1-11(2)5-4-10-14-13-8-6-12(3)7-9-13/h4-6,8,10,12-13H,1,7,9H2,2-3H3/b5-4-,14-10-. The quantitative estimate of drug-likeness (QED) is 0.366. The van der Waals surface area contributed by atoms with Crippen molar-refractivity contribution in [3.05, 3.63) is 36.5 Å². The van der Waals surface area contributed by atoms with Crippen molar-refractivity contribution in [3.8, 4) is 0 Å². The minimum atomic E-state index is 0.390. The molecule has 2 unspecified atom stereocenters. The molecule has 0 saturated carbocycles. The predicted molar refractivity (Wildman–Crippen MR) is 63.8 cm³/mol. The highest BCUT2D eigenvalue weighted by atomic mass is 14.8. The largest absolute Gasteiger partial charge is 0.286 e. The Hall–Kier alpha value is -1.11. The van der Waals surface area contributed by atoms with Crippen LogP contribution in [0.15, 0.2) is 41.4 Å². The molecule has 0 bridgehead atoms.